The normalized spacial score (nSPS) is 21.8. The lowest BCUT2D eigenvalue weighted by atomic mass is 10.1. The molecule has 0 saturated carbocycles. The van der Waals surface area contributed by atoms with E-state index in [1.165, 1.54) is 11.0 Å². The predicted molar refractivity (Wildman–Crippen MR) is 88.8 cm³/mol. The first-order valence-electron chi connectivity index (χ1n) is 8.23. The first kappa shape index (κ1) is 18.0. The summed E-state index contributed by atoms with van der Waals surface area (Å²) in [5.74, 6) is -1.06. The van der Waals surface area contributed by atoms with Crippen molar-refractivity contribution in [2.75, 3.05) is 29.4 Å². The molecule has 0 N–H and O–H groups in total. The first-order chi connectivity index (χ1) is 11.8. The van der Waals surface area contributed by atoms with Gasteiger partial charge in [-0.05, 0) is 49.1 Å². The predicted octanol–water partition coefficient (Wildman–Crippen LogP) is 3.81. The quantitative estimate of drug-likeness (QED) is 0.755. The molecule has 0 bridgehead atoms. The highest BCUT2D eigenvalue weighted by atomic mass is 35.5. The highest BCUT2D eigenvalue weighted by molar-refractivity contribution is 6.64. The summed E-state index contributed by atoms with van der Waals surface area (Å²) in [7, 11) is 0. The fourth-order valence-electron chi connectivity index (χ4n) is 3.41. The van der Waals surface area contributed by atoms with Gasteiger partial charge in [0.05, 0.1) is 22.9 Å². The third kappa shape index (κ3) is 3.76. The van der Waals surface area contributed by atoms with E-state index >= 15 is 0 Å². The van der Waals surface area contributed by atoms with E-state index in [0.29, 0.717) is 5.69 Å². The Hall–Kier alpha value is -1.76. The summed E-state index contributed by atoms with van der Waals surface area (Å²) < 4.78 is 39.4. The van der Waals surface area contributed by atoms with Crippen LogP contribution < -0.4 is 9.80 Å². The Bertz CT molecular complexity index is 687. The number of amides is 1. The number of anilines is 2. The number of rotatable bonds is 3. The van der Waals surface area contributed by atoms with Gasteiger partial charge in [-0.15, -0.1) is 0 Å². The molecule has 0 radical (unpaired) electrons. The molecule has 0 aromatic heterocycles. The van der Waals surface area contributed by atoms with E-state index in [1.54, 1.807) is 0 Å². The number of hydrogen-bond acceptors (Lipinski definition) is 3. The largest absolute Gasteiger partial charge is 0.416 e. The SMILES string of the molecule is O=C(Cl)C1CC(=O)N(c2cc(C(F)(F)F)ccc2N2CCCCC2)C1. The van der Waals surface area contributed by atoms with Gasteiger partial charge in [-0.25, -0.2) is 0 Å². The molecule has 3 rings (SSSR count). The number of nitrogens with zero attached hydrogens (tertiary/aromatic N) is 2. The minimum Gasteiger partial charge on any atom is -0.370 e. The number of hydrogen-bond donors (Lipinski definition) is 0. The lowest BCUT2D eigenvalue weighted by Gasteiger charge is -2.33. The molecule has 2 aliphatic rings. The molecule has 2 heterocycles. The van der Waals surface area contributed by atoms with Gasteiger partial charge < -0.3 is 9.80 Å². The van der Waals surface area contributed by atoms with Crippen LogP contribution in [0.4, 0.5) is 24.5 Å². The molecule has 8 heteroatoms. The van der Waals surface area contributed by atoms with Gasteiger partial charge >= 0.3 is 6.18 Å². The molecule has 2 fully saturated rings. The maximum Gasteiger partial charge on any atom is 0.416 e. The Labute approximate surface area is 148 Å². The second kappa shape index (κ2) is 6.86. The van der Waals surface area contributed by atoms with Crippen LogP contribution in [0.3, 0.4) is 0 Å². The highest BCUT2D eigenvalue weighted by Crippen LogP contribution is 2.40. The van der Waals surface area contributed by atoms with Crippen molar-refractivity contribution in [2.24, 2.45) is 5.92 Å². The van der Waals surface area contributed by atoms with Gasteiger partial charge in [-0.2, -0.15) is 13.2 Å². The van der Waals surface area contributed by atoms with Gasteiger partial charge in [0.2, 0.25) is 11.1 Å². The van der Waals surface area contributed by atoms with Gasteiger partial charge in [-0.3, -0.25) is 9.59 Å². The monoisotopic (exact) mass is 374 g/mol. The van der Waals surface area contributed by atoms with E-state index in [0.717, 1.165) is 44.5 Å². The zero-order chi connectivity index (χ0) is 18.2. The number of piperidine rings is 1. The number of carbonyl (C=O) groups is 2. The van der Waals surface area contributed by atoms with Crippen LogP contribution in [0.15, 0.2) is 18.2 Å². The van der Waals surface area contributed by atoms with Crippen LogP contribution in [-0.2, 0) is 15.8 Å². The number of benzene rings is 1. The lowest BCUT2D eigenvalue weighted by molar-refractivity contribution is -0.137. The summed E-state index contributed by atoms with van der Waals surface area (Å²) in [6, 6.07) is 3.47. The van der Waals surface area contributed by atoms with Crippen molar-refractivity contribution in [1.82, 2.24) is 0 Å². The van der Waals surface area contributed by atoms with Crippen molar-refractivity contribution in [3.63, 3.8) is 0 Å². The number of alkyl halides is 3. The zero-order valence-electron chi connectivity index (χ0n) is 13.5. The van der Waals surface area contributed by atoms with E-state index in [1.807, 2.05) is 4.90 Å². The van der Waals surface area contributed by atoms with Crippen molar-refractivity contribution in [2.45, 2.75) is 31.9 Å². The van der Waals surface area contributed by atoms with Crippen molar-refractivity contribution >= 4 is 34.1 Å². The fraction of sp³-hybridized carbons (Fsp3) is 0.529. The van der Waals surface area contributed by atoms with Gasteiger partial charge in [-0.1, -0.05) is 0 Å². The molecule has 0 aliphatic carbocycles. The van der Waals surface area contributed by atoms with Gasteiger partial charge in [0.15, 0.2) is 0 Å². The maximum absolute atomic E-state index is 13.1. The standard InChI is InChI=1S/C17H18ClF3N2O2/c18-16(25)11-8-15(24)23(10-11)14-9-12(17(19,20)21)4-5-13(14)22-6-2-1-3-7-22/h4-5,9,11H,1-3,6-8,10H2. The van der Waals surface area contributed by atoms with E-state index < -0.39 is 22.9 Å². The number of halogens is 4. The van der Waals surface area contributed by atoms with Crippen LogP contribution in [0, 0.1) is 5.92 Å². The molecule has 4 nitrogen and oxygen atoms in total. The molecule has 0 spiro atoms. The van der Waals surface area contributed by atoms with Crippen molar-refractivity contribution < 1.29 is 22.8 Å². The average Bonchev–Trinajstić information content (AvgIpc) is 2.96. The summed E-state index contributed by atoms with van der Waals surface area (Å²) in [5, 5.41) is -0.637. The van der Waals surface area contributed by atoms with E-state index in [4.69, 9.17) is 11.6 Å². The Morgan fingerprint density at radius 2 is 1.80 bits per heavy atom. The van der Waals surface area contributed by atoms with Crippen molar-refractivity contribution in [3.8, 4) is 0 Å². The molecule has 25 heavy (non-hydrogen) atoms. The first-order valence-corrected chi connectivity index (χ1v) is 8.61. The third-order valence-corrected chi connectivity index (χ3v) is 5.04. The Kier molecular flexibility index (Phi) is 4.95. The van der Waals surface area contributed by atoms with Gasteiger partial charge in [0, 0.05) is 26.1 Å². The summed E-state index contributed by atoms with van der Waals surface area (Å²) >= 11 is 5.49. The van der Waals surface area contributed by atoms with Crippen LogP contribution >= 0.6 is 11.6 Å². The number of carbonyl (C=O) groups excluding carboxylic acids is 2. The molecular formula is C17H18ClF3N2O2. The highest BCUT2D eigenvalue weighted by Gasteiger charge is 2.38. The van der Waals surface area contributed by atoms with Crippen LogP contribution in [-0.4, -0.2) is 30.8 Å². The Morgan fingerprint density at radius 1 is 1.12 bits per heavy atom. The van der Waals surface area contributed by atoms with Crippen LogP contribution in [0.25, 0.3) is 0 Å². The zero-order valence-corrected chi connectivity index (χ0v) is 14.2. The Morgan fingerprint density at radius 3 is 2.36 bits per heavy atom. The van der Waals surface area contributed by atoms with Crippen LogP contribution in [0.1, 0.15) is 31.2 Å². The van der Waals surface area contributed by atoms with Crippen LogP contribution in [0.2, 0.25) is 0 Å². The fourth-order valence-corrected chi connectivity index (χ4v) is 3.56. The summed E-state index contributed by atoms with van der Waals surface area (Å²) in [6.45, 7) is 1.49. The van der Waals surface area contributed by atoms with Crippen LogP contribution in [0.5, 0.6) is 0 Å². The van der Waals surface area contributed by atoms with Crippen molar-refractivity contribution in [1.29, 1.82) is 0 Å². The summed E-state index contributed by atoms with van der Waals surface area (Å²) in [4.78, 5) is 26.9. The third-order valence-electron chi connectivity index (χ3n) is 4.74. The molecule has 1 amide bonds. The molecular weight excluding hydrogens is 357 g/mol. The lowest BCUT2D eigenvalue weighted by Crippen LogP contribution is -2.33. The molecule has 1 unspecified atom stereocenters. The minimum absolute atomic E-state index is 0.0172. The minimum atomic E-state index is -4.50. The Balaban J connectivity index is 2.01. The molecule has 136 valence electrons. The maximum atomic E-state index is 13.1. The van der Waals surface area contributed by atoms with Gasteiger partial charge in [0.25, 0.3) is 0 Å². The molecule has 1 atom stereocenters. The van der Waals surface area contributed by atoms with E-state index in [-0.39, 0.29) is 24.6 Å². The molecule has 1 aromatic rings. The summed E-state index contributed by atoms with van der Waals surface area (Å²) in [5.41, 5.74) is 0.00238. The van der Waals surface area contributed by atoms with E-state index in [2.05, 4.69) is 0 Å². The average molecular weight is 375 g/mol. The van der Waals surface area contributed by atoms with Gasteiger partial charge in [0.1, 0.15) is 0 Å². The van der Waals surface area contributed by atoms with E-state index in [9.17, 15) is 22.8 Å². The smallest absolute Gasteiger partial charge is 0.370 e. The molecule has 2 aliphatic heterocycles. The summed E-state index contributed by atoms with van der Waals surface area (Å²) in [6.07, 6.45) is -1.58. The van der Waals surface area contributed by atoms with Crippen molar-refractivity contribution in [3.05, 3.63) is 23.8 Å². The molecule has 1 aromatic carbocycles. The topological polar surface area (TPSA) is 40.6 Å². The molecule has 2 saturated heterocycles. The second-order valence-electron chi connectivity index (χ2n) is 6.46. The second-order valence-corrected chi connectivity index (χ2v) is 6.83.